The molecular weight excluding hydrogens is 278 g/mol. The summed E-state index contributed by atoms with van der Waals surface area (Å²) >= 11 is 8.43. The molecule has 0 aliphatic heterocycles. The molecule has 2 heterocycles. The summed E-state index contributed by atoms with van der Waals surface area (Å²) in [5, 5.41) is 7.10. The summed E-state index contributed by atoms with van der Waals surface area (Å²) in [6, 6.07) is 3.48. The zero-order valence-corrected chi connectivity index (χ0v) is 11.6. The van der Waals surface area contributed by atoms with Gasteiger partial charge in [0.1, 0.15) is 5.82 Å². The Bertz CT molecular complexity index is 537. The molecule has 90 valence electrons. The minimum atomic E-state index is -0.222. The summed E-state index contributed by atoms with van der Waals surface area (Å²) in [5.74, 6) is 0.792. The van der Waals surface area contributed by atoms with Crippen molar-refractivity contribution in [2.24, 2.45) is 0 Å². The maximum atomic E-state index is 12.0. The molecule has 7 heteroatoms. The van der Waals surface area contributed by atoms with E-state index in [1.165, 1.54) is 23.1 Å². The van der Waals surface area contributed by atoms with E-state index in [1.807, 2.05) is 13.8 Å². The maximum absolute atomic E-state index is 12.0. The lowest BCUT2D eigenvalue weighted by Gasteiger charge is -2.05. The fourth-order valence-corrected chi connectivity index (χ4v) is 3.22. The second-order valence-electron chi connectivity index (χ2n) is 3.43. The smallest absolute Gasteiger partial charge is 0.209 e. The number of aryl methyl sites for hydroxylation is 1. The summed E-state index contributed by atoms with van der Waals surface area (Å²) < 4.78 is 0.624. The van der Waals surface area contributed by atoms with Crippen LogP contribution >= 0.6 is 34.7 Å². The molecule has 4 nitrogen and oxygen atoms in total. The van der Waals surface area contributed by atoms with E-state index in [-0.39, 0.29) is 11.0 Å². The first-order valence-corrected chi connectivity index (χ1v) is 6.99. The zero-order valence-electron chi connectivity index (χ0n) is 9.23. The quantitative estimate of drug-likeness (QED) is 0.693. The Kier molecular flexibility index (Phi) is 3.86. The molecule has 1 N–H and O–H groups in total. The average molecular weight is 288 g/mol. The highest BCUT2D eigenvalue weighted by molar-refractivity contribution is 8.00. The van der Waals surface area contributed by atoms with Gasteiger partial charge in [-0.25, -0.2) is 4.98 Å². The Hall–Kier alpha value is -0.850. The van der Waals surface area contributed by atoms with E-state index in [9.17, 15) is 4.79 Å². The largest absolute Gasteiger partial charge is 0.292 e. The molecular formula is C10H10ClN3OS2. The lowest BCUT2D eigenvalue weighted by Crippen LogP contribution is -2.12. The van der Waals surface area contributed by atoms with Gasteiger partial charge in [-0.3, -0.25) is 9.89 Å². The number of H-pyrrole nitrogens is 1. The van der Waals surface area contributed by atoms with E-state index in [4.69, 9.17) is 11.6 Å². The number of halogens is 1. The number of nitrogens with one attached hydrogen (secondary N) is 1. The lowest BCUT2D eigenvalue weighted by molar-refractivity contribution is 0.0997. The van der Waals surface area contributed by atoms with Crippen LogP contribution in [0.1, 0.15) is 22.4 Å². The number of nitrogens with zero attached hydrogens (tertiary/aromatic N) is 2. The highest BCUT2D eigenvalue weighted by Crippen LogP contribution is 2.27. The highest BCUT2D eigenvalue weighted by Gasteiger charge is 2.19. The van der Waals surface area contributed by atoms with Gasteiger partial charge in [0, 0.05) is 0 Å². The first-order valence-electron chi connectivity index (χ1n) is 4.91. The molecule has 2 aromatic heterocycles. The van der Waals surface area contributed by atoms with Crippen LogP contribution in [0, 0.1) is 6.92 Å². The van der Waals surface area contributed by atoms with E-state index in [0.29, 0.717) is 14.4 Å². The molecule has 0 aliphatic rings. The standard InChI is InChI=1S/C10H10ClN3OS2/c1-5(16-10-12-6(2)13-14-10)9(15)7-3-4-8(11)17-7/h3-5H,1-2H3,(H,12,13,14). The van der Waals surface area contributed by atoms with Crippen molar-refractivity contribution in [3.63, 3.8) is 0 Å². The number of hydrogen-bond acceptors (Lipinski definition) is 5. The first-order chi connectivity index (χ1) is 8.06. The van der Waals surface area contributed by atoms with Crippen LogP contribution in [0.2, 0.25) is 4.34 Å². The fraction of sp³-hybridized carbons (Fsp3) is 0.300. The Morgan fingerprint density at radius 3 is 2.88 bits per heavy atom. The van der Waals surface area contributed by atoms with Crippen molar-refractivity contribution in [2.75, 3.05) is 0 Å². The summed E-state index contributed by atoms with van der Waals surface area (Å²) in [5.41, 5.74) is 0. The predicted molar refractivity (Wildman–Crippen MR) is 70.1 cm³/mol. The van der Waals surface area contributed by atoms with Gasteiger partial charge in [-0.2, -0.15) is 0 Å². The van der Waals surface area contributed by atoms with Gasteiger partial charge in [0.15, 0.2) is 5.78 Å². The molecule has 0 amide bonds. The minimum Gasteiger partial charge on any atom is -0.292 e. The van der Waals surface area contributed by atoms with Crippen molar-refractivity contribution in [3.05, 3.63) is 27.2 Å². The van der Waals surface area contributed by atoms with Gasteiger partial charge in [0.25, 0.3) is 0 Å². The van der Waals surface area contributed by atoms with Crippen LogP contribution in [0.25, 0.3) is 0 Å². The molecule has 0 fully saturated rings. The number of carbonyl (C=O) groups is 1. The van der Waals surface area contributed by atoms with Crippen LogP contribution in [0.4, 0.5) is 0 Å². The van der Waals surface area contributed by atoms with Crippen LogP contribution in [0.5, 0.6) is 0 Å². The lowest BCUT2D eigenvalue weighted by atomic mass is 10.2. The van der Waals surface area contributed by atoms with Crippen molar-refractivity contribution in [1.82, 2.24) is 15.2 Å². The van der Waals surface area contributed by atoms with E-state index >= 15 is 0 Å². The topological polar surface area (TPSA) is 58.6 Å². The number of carbonyl (C=O) groups excluding carboxylic acids is 1. The van der Waals surface area contributed by atoms with Crippen molar-refractivity contribution < 1.29 is 4.79 Å². The van der Waals surface area contributed by atoms with E-state index < -0.39 is 0 Å². The van der Waals surface area contributed by atoms with E-state index in [2.05, 4.69) is 15.2 Å². The van der Waals surface area contributed by atoms with Gasteiger partial charge in [-0.05, 0) is 26.0 Å². The van der Waals surface area contributed by atoms with Gasteiger partial charge >= 0.3 is 0 Å². The van der Waals surface area contributed by atoms with Gasteiger partial charge in [0.05, 0.1) is 14.5 Å². The van der Waals surface area contributed by atoms with Crippen LogP contribution < -0.4 is 0 Å². The number of hydrogen-bond donors (Lipinski definition) is 1. The molecule has 0 saturated carbocycles. The van der Waals surface area contributed by atoms with Gasteiger partial charge in [-0.15, -0.1) is 16.4 Å². The van der Waals surface area contributed by atoms with Crippen molar-refractivity contribution in [1.29, 1.82) is 0 Å². The Morgan fingerprint density at radius 2 is 2.35 bits per heavy atom. The van der Waals surface area contributed by atoms with Gasteiger partial charge in [0.2, 0.25) is 5.16 Å². The van der Waals surface area contributed by atoms with Crippen LogP contribution in [-0.2, 0) is 0 Å². The zero-order chi connectivity index (χ0) is 12.4. The van der Waals surface area contributed by atoms with Crippen LogP contribution in [0.15, 0.2) is 17.3 Å². The Morgan fingerprint density at radius 1 is 1.59 bits per heavy atom. The first kappa shape index (κ1) is 12.6. The molecule has 0 saturated heterocycles. The second kappa shape index (κ2) is 5.20. The molecule has 0 bridgehead atoms. The molecule has 2 aromatic rings. The average Bonchev–Trinajstić information content (AvgIpc) is 2.87. The third-order valence-corrected chi connectivity index (χ3v) is 4.25. The summed E-state index contributed by atoms with van der Waals surface area (Å²) in [4.78, 5) is 16.9. The second-order valence-corrected chi connectivity index (χ2v) is 6.45. The molecule has 2 rings (SSSR count). The number of Topliss-reactive ketones (excluding diaryl/α,β-unsaturated/α-hetero) is 1. The number of rotatable bonds is 4. The molecule has 1 atom stereocenters. The number of aromatic nitrogens is 3. The van der Waals surface area contributed by atoms with Crippen LogP contribution in [0.3, 0.4) is 0 Å². The number of thiophene rings is 1. The summed E-state index contributed by atoms with van der Waals surface area (Å²) in [6.45, 7) is 3.66. The van der Waals surface area contributed by atoms with Gasteiger partial charge < -0.3 is 0 Å². The minimum absolute atomic E-state index is 0.0503. The predicted octanol–water partition coefficient (Wildman–Crippen LogP) is 3.19. The summed E-state index contributed by atoms with van der Waals surface area (Å²) in [6.07, 6.45) is 0. The van der Waals surface area contributed by atoms with Crippen LogP contribution in [-0.4, -0.2) is 26.2 Å². The Balaban J connectivity index is 2.05. The molecule has 0 radical (unpaired) electrons. The van der Waals surface area contributed by atoms with Gasteiger partial charge in [-0.1, -0.05) is 23.4 Å². The fourth-order valence-electron chi connectivity index (χ4n) is 1.23. The number of thioether (sulfide) groups is 1. The number of aromatic amines is 1. The Labute approximate surface area is 112 Å². The third-order valence-electron chi connectivity index (χ3n) is 2.04. The van der Waals surface area contributed by atoms with Crippen molar-refractivity contribution in [3.8, 4) is 0 Å². The van der Waals surface area contributed by atoms with E-state index in [0.717, 1.165) is 5.82 Å². The normalized spacial score (nSPS) is 12.6. The molecule has 1 unspecified atom stereocenters. The SMILES string of the molecule is Cc1nc(SC(C)C(=O)c2ccc(Cl)s2)n[nH]1. The monoisotopic (exact) mass is 287 g/mol. The molecule has 0 spiro atoms. The summed E-state index contributed by atoms with van der Waals surface area (Å²) in [7, 11) is 0. The highest BCUT2D eigenvalue weighted by atomic mass is 35.5. The third kappa shape index (κ3) is 3.08. The van der Waals surface area contributed by atoms with Crippen molar-refractivity contribution >= 4 is 40.5 Å². The number of ketones is 1. The molecule has 17 heavy (non-hydrogen) atoms. The maximum Gasteiger partial charge on any atom is 0.209 e. The molecule has 0 aromatic carbocycles. The molecule has 0 aliphatic carbocycles. The van der Waals surface area contributed by atoms with E-state index in [1.54, 1.807) is 12.1 Å². The van der Waals surface area contributed by atoms with Crippen molar-refractivity contribution in [2.45, 2.75) is 24.3 Å².